The van der Waals surface area contributed by atoms with Crippen molar-refractivity contribution in [2.75, 3.05) is 33.3 Å². The largest absolute Gasteiger partial charge is 0.497 e. The summed E-state index contributed by atoms with van der Waals surface area (Å²) in [6.45, 7) is 5.74. The van der Waals surface area contributed by atoms with Crippen LogP contribution >= 0.6 is 0 Å². The molecule has 1 aromatic heterocycles. The highest BCUT2D eigenvalue weighted by molar-refractivity contribution is 5.77. The maximum absolute atomic E-state index is 12.7. The van der Waals surface area contributed by atoms with Gasteiger partial charge in [-0.2, -0.15) is 4.98 Å². The van der Waals surface area contributed by atoms with Gasteiger partial charge in [0.25, 0.3) is 0 Å². The van der Waals surface area contributed by atoms with Gasteiger partial charge >= 0.3 is 0 Å². The van der Waals surface area contributed by atoms with E-state index in [2.05, 4.69) is 34.1 Å². The lowest BCUT2D eigenvalue weighted by molar-refractivity contribution is -0.133. The van der Waals surface area contributed by atoms with Crippen LogP contribution in [-0.2, 0) is 11.3 Å². The van der Waals surface area contributed by atoms with E-state index >= 15 is 0 Å². The molecule has 1 amide bonds. The highest BCUT2D eigenvalue weighted by Gasteiger charge is 2.24. The molecule has 0 aliphatic carbocycles. The molecule has 7 nitrogen and oxygen atoms in total. The Labute approximate surface area is 182 Å². The number of nitrogens with zero attached hydrogens (tertiary/aromatic N) is 4. The van der Waals surface area contributed by atoms with Crippen LogP contribution in [0.4, 0.5) is 0 Å². The van der Waals surface area contributed by atoms with Crippen molar-refractivity contribution in [2.45, 2.75) is 25.8 Å². The van der Waals surface area contributed by atoms with Crippen LogP contribution in [0.1, 0.15) is 30.7 Å². The zero-order valence-corrected chi connectivity index (χ0v) is 18.0. The van der Waals surface area contributed by atoms with E-state index < -0.39 is 0 Å². The highest BCUT2D eigenvalue weighted by atomic mass is 16.5. The second kappa shape index (κ2) is 9.75. The molecule has 7 heteroatoms. The first kappa shape index (κ1) is 21.1. The standard InChI is InChI=1S/C24H28N4O3/c1-18(19-6-4-3-5-7-19)16-23(29)28-14-12-27(13-15-28)17-22-25-24(26-31-22)20-8-10-21(30-2)11-9-20/h3-11,18H,12-17H2,1-2H3. The molecule has 0 spiro atoms. The number of benzene rings is 2. The number of hydrogen-bond acceptors (Lipinski definition) is 6. The van der Waals surface area contributed by atoms with Crippen molar-refractivity contribution in [3.05, 3.63) is 66.1 Å². The van der Waals surface area contributed by atoms with Crippen molar-refractivity contribution in [1.29, 1.82) is 0 Å². The molecule has 31 heavy (non-hydrogen) atoms. The Balaban J connectivity index is 1.26. The van der Waals surface area contributed by atoms with Gasteiger partial charge < -0.3 is 14.2 Å². The van der Waals surface area contributed by atoms with Crippen molar-refractivity contribution < 1.29 is 14.1 Å². The maximum Gasteiger partial charge on any atom is 0.241 e. The number of piperazine rings is 1. The minimum atomic E-state index is 0.218. The van der Waals surface area contributed by atoms with Gasteiger partial charge in [0.05, 0.1) is 13.7 Å². The van der Waals surface area contributed by atoms with Crippen LogP contribution in [0.3, 0.4) is 0 Å². The number of amides is 1. The summed E-state index contributed by atoms with van der Waals surface area (Å²) in [7, 11) is 1.64. The maximum atomic E-state index is 12.7. The lowest BCUT2D eigenvalue weighted by Gasteiger charge is -2.34. The van der Waals surface area contributed by atoms with E-state index in [1.807, 2.05) is 47.4 Å². The molecule has 1 aliphatic rings. The quantitative estimate of drug-likeness (QED) is 0.582. The molecule has 1 aliphatic heterocycles. The topological polar surface area (TPSA) is 71.7 Å². The Morgan fingerprint density at radius 1 is 1.06 bits per heavy atom. The normalized spacial score (nSPS) is 15.6. The van der Waals surface area contributed by atoms with Gasteiger partial charge in [-0.05, 0) is 35.7 Å². The number of carbonyl (C=O) groups excluding carboxylic acids is 1. The van der Waals surface area contributed by atoms with E-state index in [0.29, 0.717) is 24.7 Å². The van der Waals surface area contributed by atoms with Crippen LogP contribution in [0.15, 0.2) is 59.1 Å². The monoisotopic (exact) mass is 420 g/mol. The third-order valence-corrected chi connectivity index (χ3v) is 5.75. The number of aromatic nitrogens is 2. The van der Waals surface area contributed by atoms with Gasteiger partial charge in [0.15, 0.2) is 0 Å². The molecule has 2 aromatic carbocycles. The van der Waals surface area contributed by atoms with E-state index in [1.165, 1.54) is 5.56 Å². The Morgan fingerprint density at radius 3 is 2.45 bits per heavy atom. The van der Waals surface area contributed by atoms with E-state index in [1.54, 1.807) is 7.11 Å². The fourth-order valence-corrected chi connectivity index (χ4v) is 3.81. The number of ether oxygens (including phenoxy) is 1. The summed E-state index contributed by atoms with van der Waals surface area (Å²) in [4.78, 5) is 21.4. The van der Waals surface area contributed by atoms with Crippen molar-refractivity contribution in [2.24, 2.45) is 0 Å². The molecule has 1 saturated heterocycles. The van der Waals surface area contributed by atoms with E-state index in [-0.39, 0.29) is 11.8 Å². The molecular formula is C24H28N4O3. The third kappa shape index (κ3) is 5.30. The molecule has 4 rings (SSSR count). The SMILES string of the molecule is COc1ccc(-c2noc(CN3CCN(C(=O)CC(C)c4ccccc4)CC3)n2)cc1. The number of hydrogen-bond donors (Lipinski definition) is 0. The lowest BCUT2D eigenvalue weighted by atomic mass is 9.97. The van der Waals surface area contributed by atoms with Crippen LogP contribution in [0.5, 0.6) is 5.75 Å². The van der Waals surface area contributed by atoms with Gasteiger partial charge in [0.1, 0.15) is 5.75 Å². The molecule has 0 N–H and O–H groups in total. The second-order valence-electron chi connectivity index (χ2n) is 7.91. The molecule has 0 radical (unpaired) electrons. The van der Waals surface area contributed by atoms with Crippen LogP contribution in [0.25, 0.3) is 11.4 Å². The first-order chi connectivity index (χ1) is 15.1. The van der Waals surface area contributed by atoms with Gasteiger partial charge in [-0.1, -0.05) is 42.4 Å². The van der Waals surface area contributed by atoms with Crippen LogP contribution in [-0.4, -0.2) is 59.1 Å². The zero-order valence-electron chi connectivity index (χ0n) is 18.0. The molecular weight excluding hydrogens is 392 g/mol. The summed E-state index contributed by atoms with van der Waals surface area (Å²) in [5, 5.41) is 4.09. The average Bonchev–Trinajstić information content (AvgIpc) is 3.28. The van der Waals surface area contributed by atoms with Crippen LogP contribution in [0, 0.1) is 0 Å². The Kier molecular flexibility index (Phi) is 6.62. The predicted octanol–water partition coefficient (Wildman–Crippen LogP) is 3.58. The number of methoxy groups -OCH3 is 1. The summed E-state index contributed by atoms with van der Waals surface area (Å²) >= 11 is 0. The van der Waals surface area contributed by atoms with Crippen molar-refractivity contribution in [3.63, 3.8) is 0 Å². The first-order valence-electron chi connectivity index (χ1n) is 10.6. The van der Waals surface area contributed by atoms with Gasteiger partial charge in [-0.3, -0.25) is 9.69 Å². The number of carbonyl (C=O) groups is 1. The third-order valence-electron chi connectivity index (χ3n) is 5.75. The fourth-order valence-electron chi connectivity index (χ4n) is 3.81. The van der Waals surface area contributed by atoms with Crippen molar-refractivity contribution in [1.82, 2.24) is 19.9 Å². The Bertz CT molecular complexity index is 980. The van der Waals surface area contributed by atoms with E-state index in [4.69, 9.17) is 9.26 Å². The fraction of sp³-hybridized carbons (Fsp3) is 0.375. The molecule has 3 aromatic rings. The molecule has 1 atom stereocenters. The Hall–Kier alpha value is -3.19. The molecule has 0 saturated carbocycles. The zero-order chi connectivity index (χ0) is 21.6. The summed E-state index contributed by atoms with van der Waals surface area (Å²) in [5.41, 5.74) is 2.09. The molecule has 1 fully saturated rings. The van der Waals surface area contributed by atoms with Crippen LogP contribution < -0.4 is 4.74 Å². The summed E-state index contributed by atoms with van der Waals surface area (Å²) in [6, 6.07) is 17.8. The van der Waals surface area contributed by atoms with E-state index in [9.17, 15) is 4.79 Å². The minimum absolute atomic E-state index is 0.218. The van der Waals surface area contributed by atoms with Crippen molar-refractivity contribution >= 4 is 5.91 Å². The van der Waals surface area contributed by atoms with Crippen molar-refractivity contribution in [3.8, 4) is 17.1 Å². The average molecular weight is 421 g/mol. The second-order valence-corrected chi connectivity index (χ2v) is 7.91. The highest BCUT2D eigenvalue weighted by Crippen LogP contribution is 2.22. The summed E-state index contributed by atoms with van der Waals surface area (Å²) in [5.74, 6) is 2.39. The van der Waals surface area contributed by atoms with Crippen LogP contribution in [0.2, 0.25) is 0 Å². The van der Waals surface area contributed by atoms with Gasteiger partial charge in [0.2, 0.25) is 17.6 Å². The minimum Gasteiger partial charge on any atom is -0.497 e. The molecule has 162 valence electrons. The van der Waals surface area contributed by atoms with E-state index in [0.717, 1.165) is 37.5 Å². The first-order valence-corrected chi connectivity index (χ1v) is 10.6. The molecule has 0 bridgehead atoms. The number of rotatable bonds is 7. The smallest absolute Gasteiger partial charge is 0.241 e. The predicted molar refractivity (Wildman–Crippen MR) is 118 cm³/mol. The summed E-state index contributed by atoms with van der Waals surface area (Å²) < 4.78 is 10.6. The molecule has 2 heterocycles. The van der Waals surface area contributed by atoms with Gasteiger partial charge in [-0.15, -0.1) is 0 Å². The van der Waals surface area contributed by atoms with Gasteiger partial charge in [0, 0.05) is 38.2 Å². The lowest BCUT2D eigenvalue weighted by Crippen LogP contribution is -2.48. The Morgan fingerprint density at radius 2 is 1.77 bits per heavy atom. The van der Waals surface area contributed by atoms with Gasteiger partial charge in [-0.25, -0.2) is 0 Å². The summed E-state index contributed by atoms with van der Waals surface area (Å²) in [6.07, 6.45) is 0.541. The molecule has 1 unspecified atom stereocenters.